The fraction of sp³-hybridized carbons (Fsp3) is 0.385. The molecule has 0 aromatic carbocycles. The molecule has 96 valence electrons. The standard InChI is InChI=1S/C13H14ClIN2S/c1-7-5-18-6-8(7)12-16-10(13(2,3)4)9(15)11(14)17-12/h5-6H,1-4H3. The van der Waals surface area contributed by atoms with E-state index in [-0.39, 0.29) is 5.41 Å². The molecule has 0 amide bonds. The molecule has 0 unspecified atom stereocenters. The van der Waals surface area contributed by atoms with Gasteiger partial charge in [0.1, 0.15) is 5.15 Å². The summed E-state index contributed by atoms with van der Waals surface area (Å²) in [7, 11) is 0. The molecule has 5 heteroatoms. The van der Waals surface area contributed by atoms with Crippen molar-refractivity contribution in [2.75, 3.05) is 0 Å². The van der Waals surface area contributed by atoms with E-state index in [0.29, 0.717) is 5.15 Å². The number of hydrogen-bond donors (Lipinski definition) is 0. The van der Waals surface area contributed by atoms with E-state index in [1.807, 2.05) is 0 Å². The van der Waals surface area contributed by atoms with E-state index in [9.17, 15) is 0 Å². The third-order valence-electron chi connectivity index (χ3n) is 2.62. The van der Waals surface area contributed by atoms with Gasteiger partial charge in [-0.1, -0.05) is 32.4 Å². The molecule has 2 heterocycles. The summed E-state index contributed by atoms with van der Waals surface area (Å²) in [6.45, 7) is 8.48. The van der Waals surface area contributed by atoms with E-state index in [2.05, 4.69) is 66.0 Å². The minimum Gasteiger partial charge on any atom is -0.231 e. The van der Waals surface area contributed by atoms with Gasteiger partial charge >= 0.3 is 0 Å². The van der Waals surface area contributed by atoms with Crippen LogP contribution in [-0.2, 0) is 5.41 Å². The van der Waals surface area contributed by atoms with E-state index in [0.717, 1.165) is 20.7 Å². The third kappa shape index (κ3) is 2.70. The van der Waals surface area contributed by atoms with Gasteiger partial charge in [0.15, 0.2) is 5.82 Å². The van der Waals surface area contributed by atoms with Gasteiger partial charge in [0.05, 0.1) is 9.26 Å². The first-order valence-corrected chi connectivity index (χ1v) is 7.97. The zero-order valence-electron chi connectivity index (χ0n) is 10.7. The molecule has 0 fully saturated rings. The Hall–Kier alpha value is -0.200. The number of rotatable bonds is 1. The molecule has 0 spiro atoms. The molecule has 18 heavy (non-hydrogen) atoms. The second-order valence-corrected chi connectivity index (χ2v) is 7.40. The van der Waals surface area contributed by atoms with Crippen LogP contribution in [0.15, 0.2) is 10.8 Å². The molecular weight excluding hydrogens is 379 g/mol. The van der Waals surface area contributed by atoms with Crippen molar-refractivity contribution in [3.05, 3.63) is 30.7 Å². The summed E-state index contributed by atoms with van der Waals surface area (Å²) in [5, 5.41) is 4.71. The first-order valence-electron chi connectivity index (χ1n) is 5.57. The summed E-state index contributed by atoms with van der Waals surface area (Å²) >= 11 is 10.1. The summed E-state index contributed by atoms with van der Waals surface area (Å²) in [6, 6.07) is 0. The molecule has 0 saturated carbocycles. The molecule has 0 aliphatic heterocycles. The van der Waals surface area contributed by atoms with Crippen LogP contribution in [0.3, 0.4) is 0 Å². The summed E-state index contributed by atoms with van der Waals surface area (Å²) < 4.78 is 0.943. The summed E-state index contributed by atoms with van der Waals surface area (Å²) in [5.74, 6) is 0.726. The first-order chi connectivity index (χ1) is 8.30. The maximum Gasteiger partial charge on any atom is 0.162 e. The highest BCUT2D eigenvalue weighted by atomic mass is 127. The van der Waals surface area contributed by atoms with Crippen LogP contribution >= 0.6 is 45.5 Å². The van der Waals surface area contributed by atoms with E-state index in [1.54, 1.807) is 11.3 Å². The lowest BCUT2D eigenvalue weighted by Gasteiger charge is -2.20. The molecule has 0 N–H and O–H groups in total. The lowest BCUT2D eigenvalue weighted by Crippen LogP contribution is -2.17. The van der Waals surface area contributed by atoms with Crippen LogP contribution in [0.2, 0.25) is 5.15 Å². The number of aryl methyl sites for hydroxylation is 1. The lowest BCUT2D eigenvalue weighted by molar-refractivity contribution is 0.563. The Morgan fingerprint density at radius 2 is 1.89 bits per heavy atom. The van der Waals surface area contributed by atoms with Crippen molar-refractivity contribution in [1.29, 1.82) is 0 Å². The van der Waals surface area contributed by atoms with Crippen molar-refractivity contribution in [3.63, 3.8) is 0 Å². The van der Waals surface area contributed by atoms with Gasteiger partial charge in [0.25, 0.3) is 0 Å². The van der Waals surface area contributed by atoms with Crippen LogP contribution in [0.25, 0.3) is 11.4 Å². The van der Waals surface area contributed by atoms with E-state index < -0.39 is 0 Å². The molecule has 0 saturated heterocycles. The van der Waals surface area contributed by atoms with Gasteiger partial charge in [-0.2, -0.15) is 11.3 Å². The van der Waals surface area contributed by atoms with Crippen molar-refractivity contribution >= 4 is 45.5 Å². The maximum absolute atomic E-state index is 6.24. The molecule has 2 rings (SSSR count). The highest BCUT2D eigenvalue weighted by molar-refractivity contribution is 14.1. The van der Waals surface area contributed by atoms with E-state index in [4.69, 9.17) is 16.6 Å². The Balaban J connectivity index is 2.66. The second kappa shape index (κ2) is 5.06. The number of aromatic nitrogens is 2. The second-order valence-electron chi connectivity index (χ2n) is 5.22. The molecule has 0 aliphatic carbocycles. The van der Waals surface area contributed by atoms with Gasteiger partial charge in [-0.3, -0.25) is 0 Å². The van der Waals surface area contributed by atoms with Gasteiger partial charge in [0, 0.05) is 16.4 Å². The molecule has 0 atom stereocenters. The fourth-order valence-electron chi connectivity index (χ4n) is 1.63. The topological polar surface area (TPSA) is 25.8 Å². The maximum atomic E-state index is 6.24. The predicted molar refractivity (Wildman–Crippen MR) is 86.5 cm³/mol. The predicted octanol–water partition coefficient (Wildman–Crippen LogP) is 5.07. The number of halogens is 2. The van der Waals surface area contributed by atoms with Crippen LogP contribution in [-0.4, -0.2) is 9.97 Å². The quantitative estimate of drug-likeness (QED) is 0.500. The molecule has 2 aromatic rings. The van der Waals surface area contributed by atoms with Crippen molar-refractivity contribution in [2.45, 2.75) is 33.1 Å². The van der Waals surface area contributed by atoms with Gasteiger partial charge < -0.3 is 0 Å². The third-order valence-corrected chi connectivity index (χ3v) is 5.09. The summed E-state index contributed by atoms with van der Waals surface area (Å²) in [4.78, 5) is 9.11. The molecule has 0 aliphatic rings. The van der Waals surface area contributed by atoms with Crippen molar-refractivity contribution in [2.24, 2.45) is 0 Å². The zero-order valence-corrected chi connectivity index (χ0v) is 14.4. The first kappa shape index (κ1) is 14.2. The van der Waals surface area contributed by atoms with Gasteiger partial charge in [-0.05, 0) is 40.5 Å². The highest BCUT2D eigenvalue weighted by Crippen LogP contribution is 2.32. The molecule has 2 nitrogen and oxygen atoms in total. The highest BCUT2D eigenvalue weighted by Gasteiger charge is 2.23. The average molecular weight is 393 g/mol. The lowest BCUT2D eigenvalue weighted by atomic mass is 9.92. The minimum absolute atomic E-state index is 0.0399. The van der Waals surface area contributed by atoms with Crippen LogP contribution < -0.4 is 0 Å². The fourth-order valence-corrected chi connectivity index (χ4v) is 3.67. The number of hydrogen-bond acceptors (Lipinski definition) is 3. The Morgan fingerprint density at radius 1 is 1.22 bits per heavy atom. The largest absolute Gasteiger partial charge is 0.231 e. The Kier molecular flexibility index (Phi) is 3.99. The molecule has 0 radical (unpaired) electrons. The van der Waals surface area contributed by atoms with Crippen molar-refractivity contribution < 1.29 is 0 Å². The van der Waals surface area contributed by atoms with Gasteiger partial charge in [0.2, 0.25) is 0 Å². The molecule has 2 aromatic heterocycles. The smallest absolute Gasteiger partial charge is 0.162 e. The Morgan fingerprint density at radius 3 is 2.39 bits per heavy atom. The minimum atomic E-state index is -0.0399. The van der Waals surface area contributed by atoms with Crippen LogP contribution in [0.4, 0.5) is 0 Å². The van der Waals surface area contributed by atoms with Crippen molar-refractivity contribution in [1.82, 2.24) is 9.97 Å². The van der Waals surface area contributed by atoms with Gasteiger partial charge in [-0.25, -0.2) is 9.97 Å². The summed E-state index contributed by atoms with van der Waals surface area (Å²) in [6.07, 6.45) is 0. The van der Waals surface area contributed by atoms with Crippen LogP contribution in [0.1, 0.15) is 32.0 Å². The number of thiophene rings is 1. The van der Waals surface area contributed by atoms with E-state index >= 15 is 0 Å². The normalized spacial score (nSPS) is 11.9. The van der Waals surface area contributed by atoms with E-state index in [1.165, 1.54) is 5.56 Å². The Bertz CT molecular complexity index is 587. The Labute approximate surface area is 130 Å². The number of nitrogens with zero attached hydrogens (tertiary/aromatic N) is 2. The molecular formula is C13H14ClIN2S. The average Bonchev–Trinajstić information content (AvgIpc) is 2.66. The summed E-state index contributed by atoms with van der Waals surface area (Å²) in [5.41, 5.74) is 3.23. The zero-order chi connectivity index (χ0) is 13.5. The van der Waals surface area contributed by atoms with Crippen LogP contribution in [0.5, 0.6) is 0 Å². The van der Waals surface area contributed by atoms with Gasteiger partial charge in [-0.15, -0.1) is 0 Å². The molecule has 0 bridgehead atoms. The monoisotopic (exact) mass is 392 g/mol. The van der Waals surface area contributed by atoms with Crippen molar-refractivity contribution in [3.8, 4) is 11.4 Å². The SMILES string of the molecule is Cc1cscc1-c1nc(Cl)c(I)c(C(C)(C)C)n1. The van der Waals surface area contributed by atoms with Crippen LogP contribution in [0, 0.1) is 10.5 Å².